The summed E-state index contributed by atoms with van der Waals surface area (Å²) in [4.78, 5) is 12.5. The predicted octanol–water partition coefficient (Wildman–Crippen LogP) is 2.23. The minimum absolute atomic E-state index is 0.289. The molecule has 1 heterocycles. The lowest BCUT2D eigenvalue weighted by Gasteiger charge is -1.98. The summed E-state index contributed by atoms with van der Waals surface area (Å²) in [5.41, 5.74) is 0. The van der Waals surface area contributed by atoms with Gasteiger partial charge in [-0.05, 0) is 34.4 Å². The van der Waals surface area contributed by atoms with Crippen LogP contribution in [0.3, 0.4) is 0 Å². The second-order valence-electron chi connectivity index (χ2n) is 2.76. The molecule has 13 heavy (non-hydrogen) atoms. The van der Waals surface area contributed by atoms with Gasteiger partial charge >= 0.3 is 0 Å². The molecule has 1 aromatic heterocycles. The van der Waals surface area contributed by atoms with Crippen molar-refractivity contribution in [1.29, 1.82) is 0 Å². The van der Waals surface area contributed by atoms with Gasteiger partial charge in [0.1, 0.15) is 5.78 Å². The van der Waals surface area contributed by atoms with Crippen LogP contribution in [0, 0.1) is 0 Å². The molecule has 0 aromatic carbocycles. The van der Waals surface area contributed by atoms with Crippen molar-refractivity contribution in [3.63, 3.8) is 0 Å². The van der Waals surface area contributed by atoms with E-state index in [2.05, 4.69) is 21.2 Å². The topological polar surface area (TPSA) is 29.1 Å². The van der Waals surface area contributed by atoms with E-state index in [-0.39, 0.29) is 5.78 Å². The highest BCUT2D eigenvalue weighted by atomic mass is 79.9. The lowest BCUT2D eigenvalue weighted by atomic mass is 10.2. The summed E-state index contributed by atoms with van der Waals surface area (Å²) in [5, 5.41) is 4.95. The number of hydrogen-bond donors (Lipinski definition) is 1. The fourth-order valence-corrected chi connectivity index (χ4v) is 2.50. The number of halogens is 1. The molecule has 0 bridgehead atoms. The van der Waals surface area contributed by atoms with E-state index in [1.807, 2.05) is 18.5 Å². The number of hydrogen-bond acceptors (Lipinski definition) is 3. The summed E-state index contributed by atoms with van der Waals surface area (Å²) in [7, 11) is 1.86. The number of ketones is 1. The molecule has 2 nitrogen and oxygen atoms in total. The third kappa shape index (κ3) is 3.58. The highest BCUT2D eigenvalue weighted by molar-refractivity contribution is 9.10. The third-order valence-corrected chi connectivity index (χ3v) is 3.63. The van der Waals surface area contributed by atoms with Crippen LogP contribution in [0.25, 0.3) is 0 Å². The van der Waals surface area contributed by atoms with E-state index in [1.165, 1.54) is 0 Å². The average Bonchev–Trinajstić information content (AvgIpc) is 2.48. The van der Waals surface area contributed by atoms with Gasteiger partial charge in [-0.15, -0.1) is 11.3 Å². The highest BCUT2D eigenvalue weighted by Gasteiger charge is 2.07. The Hall–Kier alpha value is -0.190. The van der Waals surface area contributed by atoms with Crippen molar-refractivity contribution >= 4 is 33.0 Å². The lowest BCUT2D eigenvalue weighted by molar-refractivity contribution is -0.118. The summed E-state index contributed by atoms with van der Waals surface area (Å²) >= 11 is 5.03. The molecule has 4 heteroatoms. The van der Waals surface area contributed by atoms with Gasteiger partial charge in [0, 0.05) is 28.7 Å². The largest absolute Gasteiger partial charge is 0.319 e. The Morgan fingerprint density at radius 3 is 3.00 bits per heavy atom. The van der Waals surface area contributed by atoms with Crippen molar-refractivity contribution in [1.82, 2.24) is 5.32 Å². The molecule has 1 rings (SSSR count). The first-order chi connectivity index (χ1) is 6.24. The number of thiophene rings is 1. The Morgan fingerprint density at radius 1 is 1.69 bits per heavy atom. The summed E-state index contributed by atoms with van der Waals surface area (Å²) in [6, 6.07) is 1.98. The zero-order chi connectivity index (χ0) is 9.68. The molecule has 0 aliphatic heterocycles. The number of carbonyl (C=O) groups is 1. The van der Waals surface area contributed by atoms with E-state index in [0.29, 0.717) is 12.8 Å². The van der Waals surface area contributed by atoms with Crippen LogP contribution in [-0.2, 0) is 11.2 Å². The molecule has 0 saturated heterocycles. The van der Waals surface area contributed by atoms with E-state index in [9.17, 15) is 4.79 Å². The number of Topliss-reactive ketones (excluding diaryl/α,β-unsaturated/α-hetero) is 1. The summed E-state index contributed by atoms with van der Waals surface area (Å²) in [6.07, 6.45) is 1.17. The quantitative estimate of drug-likeness (QED) is 0.881. The summed E-state index contributed by atoms with van der Waals surface area (Å²) < 4.78 is 1.05. The van der Waals surface area contributed by atoms with Crippen LogP contribution in [-0.4, -0.2) is 19.4 Å². The highest BCUT2D eigenvalue weighted by Crippen LogP contribution is 2.23. The van der Waals surface area contributed by atoms with E-state index in [0.717, 1.165) is 15.9 Å². The van der Waals surface area contributed by atoms with Gasteiger partial charge in [0.05, 0.1) is 0 Å². The lowest BCUT2D eigenvalue weighted by Crippen LogP contribution is -2.14. The van der Waals surface area contributed by atoms with Gasteiger partial charge in [-0.25, -0.2) is 0 Å². The van der Waals surface area contributed by atoms with Gasteiger partial charge in [-0.3, -0.25) is 4.79 Å². The number of rotatable bonds is 5. The molecule has 0 unspecified atom stereocenters. The minimum Gasteiger partial charge on any atom is -0.319 e. The second-order valence-corrected chi connectivity index (χ2v) is 4.62. The van der Waals surface area contributed by atoms with Gasteiger partial charge in [0.25, 0.3) is 0 Å². The van der Waals surface area contributed by atoms with E-state index < -0.39 is 0 Å². The van der Waals surface area contributed by atoms with E-state index >= 15 is 0 Å². The van der Waals surface area contributed by atoms with Crippen LogP contribution >= 0.6 is 27.3 Å². The first-order valence-corrected chi connectivity index (χ1v) is 5.79. The monoisotopic (exact) mass is 261 g/mol. The molecule has 1 N–H and O–H groups in total. The maximum Gasteiger partial charge on any atom is 0.139 e. The Labute approximate surface area is 90.5 Å². The fourth-order valence-electron chi connectivity index (χ4n) is 0.983. The SMILES string of the molecule is CNCCC(=O)Cc1sccc1Br. The van der Waals surface area contributed by atoms with Crippen molar-refractivity contribution in [2.75, 3.05) is 13.6 Å². The summed E-state index contributed by atoms with van der Waals surface area (Å²) in [5.74, 6) is 0.289. The van der Waals surface area contributed by atoms with Gasteiger partial charge in [-0.2, -0.15) is 0 Å². The van der Waals surface area contributed by atoms with Gasteiger partial charge in [0.15, 0.2) is 0 Å². The fraction of sp³-hybridized carbons (Fsp3) is 0.444. The second kappa shape index (κ2) is 5.52. The molecule has 0 aliphatic rings. The standard InChI is InChI=1S/C9H12BrNOS/c1-11-4-2-7(12)6-9-8(10)3-5-13-9/h3,5,11H,2,4,6H2,1H3. The van der Waals surface area contributed by atoms with Crippen LogP contribution in [0.4, 0.5) is 0 Å². The molecule has 0 spiro atoms. The third-order valence-electron chi connectivity index (χ3n) is 1.70. The van der Waals surface area contributed by atoms with Crippen LogP contribution in [0.5, 0.6) is 0 Å². The predicted molar refractivity (Wildman–Crippen MR) is 59.3 cm³/mol. The molecular weight excluding hydrogens is 250 g/mol. The van der Waals surface area contributed by atoms with Crippen molar-refractivity contribution in [2.45, 2.75) is 12.8 Å². The maximum absolute atomic E-state index is 11.4. The van der Waals surface area contributed by atoms with Gasteiger partial charge < -0.3 is 5.32 Å². The zero-order valence-electron chi connectivity index (χ0n) is 7.47. The van der Waals surface area contributed by atoms with Crippen LogP contribution in [0.2, 0.25) is 0 Å². The first kappa shape index (κ1) is 10.9. The van der Waals surface area contributed by atoms with E-state index in [1.54, 1.807) is 11.3 Å². The molecule has 0 amide bonds. The molecule has 0 aliphatic carbocycles. The smallest absolute Gasteiger partial charge is 0.139 e. The summed E-state index contributed by atoms with van der Waals surface area (Å²) in [6.45, 7) is 0.766. The molecule has 1 aromatic rings. The van der Waals surface area contributed by atoms with Crippen molar-refractivity contribution in [3.8, 4) is 0 Å². The Kier molecular flexibility index (Phi) is 4.62. The average molecular weight is 262 g/mol. The zero-order valence-corrected chi connectivity index (χ0v) is 9.87. The van der Waals surface area contributed by atoms with Crippen LogP contribution < -0.4 is 5.32 Å². The molecule has 72 valence electrons. The van der Waals surface area contributed by atoms with Crippen molar-refractivity contribution in [2.24, 2.45) is 0 Å². The Balaban J connectivity index is 2.41. The van der Waals surface area contributed by atoms with Crippen molar-refractivity contribution in [3.05, 3.63) is 20.8 Å². The normalized spacial score (nSPS) is 10.3. The molecule has 0 atom stereocenters. The molecule has 0 radical (unpaired) electrons. The molecule has 0 saturated carbocycles. The molecular formula is C9H12BrNOS. The van der Waals surface area contributed by atoms with E-state index in [4.69, 9.17) is 0 Å². The minimum atomic E-state index is 0.289. The number of nitrogens with one attached hydrogen (secondary N) is 1. The maximum atomic E-state index is 11.4. The first-order valence-electron chi connectivity index (χ1n) is 4.12. The Bertz CT molecular complexity index is 285. The van der Waals surface area contributed by atoms with Crippen LogP contribution in [0.15, 0.2) is 15.9 Å². The molecule has 0 fully saturated rings. The Morgan fingerprint density at radius 2 is 2.46 bits per heavy atom. The van der Waals surface area contributed by atoms with Crippen LogP contribution in [0.1, 0.15) is 11.3 Å². The van der Waals surface area contributed by atoms with Crippen molar-refractivity contribution < 1.29 is 4.79 Å². The number of carbonyl (C=O) groups excluding carboxylic acids is 1. The van der Waals surface area contributed by atoms with Gasteiger partial charge in [-0.1, -0.05) is 0 Å². The van der Waals surface area contributed by atoms with Gasteiger partial charge in [0.2, 0.25) is 0 Å².